The van der Waals surface area contributed by atoms with Crippen LogP contribution >= 0.6 is 0 Å². The molecule has 65 heavy (non-hydrogen) atoms. The Kier molecular flexibility index (Phi) is 9.05. The molecule has 0 unspecified atom stereocenters. The van der Waals surface area contributed by atoms with E-state index in [2.05, 4.69) is 0 Å². The number of fused-ring (bicyclic) bond motifs is 9. The van der Waals surface area contributed by atoms with Gasteiger partial charge in [0.05, 0.1) is 33.6 Å². The van der Waals surface area contributed by atoms with Crippen molar-refractivity contribution in [3.63, 3.8) is 0 Å². The highest BCUT2D eigenvalue weighted by atomic mass is 19.4. The van der Waals surface area contributed by atoms with Crippen molar-refractivity contribution in [2.45, 2.75) is 17.8 Å². The highest BCUT2D eigenvalue weighted by Crippen LogP contribution is 2.63. The highest BCUT2D eigenvalue weighted by Gasteiger charge is 2.51. The van der Waals surface area contributed by atoms with Gasteiger partial charge in [0.2, 0.25) is 0 Å². The van der Waals surface area contributed by atoms with Gasteiger partial charge in [-0.3, -0.25) is 0 Å². The van der Waals surface area contributed by atoms with Crippen molar-refractivity contribution < 1.29 is 35.1 Å². The fourth-order valence-electron chi connectivity index (χ4n) is 10.1. The molecule has 0 aliphatic heterocycles. The number of alkyl halides is 6. The number of halogens is 8. The molecule has 10 heteroatoms. The lowest BCUT2D eigenvalue weighted by Crippen LogP contribution is -2.32. The third kappa shape index (κ3) is 6.14. The molecule has 0 heterocycles. The standard InChI is InChI=1S/C55H32F8N2/c56-33-20-24-35(25-21-33)64(50-18-7-5-15-45(50)54(58,59)60)37-28-29-40-41-30-31-49(65(36-26-22-34(57)23-27-36)51-19-8-6-16-46(51)55(61,62)63)42-12-9-17-47(52(41)42)53(48(40)32-37)43-13-3-1-10-38(43)39-11-2-4-14-44(39)53/h1-32H. The third-order valence-corrected chi connectivity index (χ3v) is 12.6. The first kappa shape index (κ1) is 40.1. The average Bonchev–Trinajstić information content (AvgIpc) is 3.60. The molecule has 2 aliphatic carbocycles. The second kappa shape index (κ2) is 14.7. The molecule has 1 spiro atoms. The highest BCUT2D eigenvalue weighted by molar-refractivity contribution is 6.12. The SMILES string of the molecule is Fc1ccc(N(c2ccc3c(c2)C2(c4ccccc4-c4ccccc42)c2cccc4c(N(c5ccc(F)cc5)c5ccccc5C(F)(F)F)ccc-3c24)c2ccccc2C(F)(F)F)cc1. The first-order valence-corrected chi connectivity index (χ1v) is 20.7. The smallest absolute Gasteiger partial charge is 0.310 e. The summed E-state index contributed by atoms with van der Waals surface area (Å²) < 4.78 is 118. The molecule has 9 aromatic rings. The maximum Gasteiger partial charge on any atom is 0.418 e. The lowest BCUT2D eigenvalue weighted by Gasteiger charge is -2.41. The van der Waals surface area contributed by atoms with Crippen molar-refractivity contribution in [1.29, 1.82) is 0 Å². The summed E-state index contributed by atoms with van der Waals surface area (Å²) in [5, 5.41) is 1.37. The Hall–Kier alpha value is -7.72. The van der Waals surface area contributed by atoms with Gasteiger partial charge in [-0.2, -0.15) is 26.3 Å². The van der Waals surface area contributed by atoms with Crippen LogP contribution in [0.1, 0.15) is 33.4 Å². The molecule has 2 nitrogen and oxygen atoms in total. The molecule has 11 rings (SSSR count). The molecule has 0 radical (unpaired) electrons. The zero-order valence-corrected chi connectivity index (χ0v) is 33.9. The van der Waals surface area contributed by atoms with Crippen molar-refractivity contribution in [2.24, 2.45) is 0 Å². The molecule has 9 aromatic carbocycles. The van der Waals surface area contributed by atoms with Crippen molar-refractivity contribution >= 4 is 44.9 Å². The molecule has 0 amide bonds. The lowest BCUT2D eigenvalue weighted by molar-refractivity contribution is -0.137. The Morgan fingerprint density at radius 2 is 0.785 bits per heavy atom. The van der Waals surface area contributed by atoms with Crippen LogP contribution in [0.2, 0.25) is 0 Å². The maximum absolute atomic E-state index is 14.9. The van der Waals surface area contributed by atoms with Crippen LogP contribution in [0.15, 0.2) is 194 Å². The van der Waals surface area contributed by atoms with E-state index in [-0.39, 0.29) is 11.4 Å². The van der Waals surface area contributed by atoms with Crippen LogP contribution < -0.4 is 9.80 Å². The number of anilines is 6. The maximum atomic E-state index is 14.9. The molecule has 0 atom stereocenters. The van der Waals surface area contributed by atoms with Gasteiger partial charge in [0.25, 0.3) is 0 Å². The fourth-order valence-corrected chi connectivity index (χ4v) is 10.1. The van der Waals surface area contributed by atoms with Crippen LogP contribution in [-0.2, 0) is 17.8 Å². The number of nitrogens with zero attached hydrogens (tertiary/aromatic N) is 2. The van der Waals surface area contributed by atoms with Gasteiger partial charge < -0.3 is 9.80 Å². The lowest BCUT2D eigenvalue weighted by atomic mass is 9.61. The number of para-hydroxylation sites is 2. The molecule has 0 aromatic heterocycles. The minimum atomic E-state index is -4.73. The summed E-state index contributed by atoms with van der Waals surface area (Å²) in [6, 6.07) is 52.0. The van der Waals surface area contributed by atoms with E-state index in [4.69, 9.17) is 0 Å². The van der Waals surface area contributed by atoms with Crippen LogP contribution in [0.5, 0.6) is 0 Å². The minimum Gasteiger partial charge on any atom is -0.310 e. The Bertz CT molecular complexity index is 3290. The van der Waals surface area contributed by atoms with Gasteiger partial charge in [0, 0.05) is 22.4 Å². The van der Waals surface area contributed by atoms with Gasteiger partial charge >= 0.3 is 12.4 Å². The van der Waals surface area contributed by atoms with Gasteiger partial charge in [-0.25, -0.2) is 8.78 Å². The molecule has 0 N–H and O–H groups in total. The molecule has 2 aliphatic rings. The Morgan fingerprint density at radius 1 is 0.338 bits per heavy atom. The number of rotatable bonds is 6. The quantitative estimate of drug-likeness (QED) is 0.154. The van der Waals surface area contributed by atoms with E-state index in [1.165, 1.54) is 94.7 Å². The number of benzene rings is 9. The molecule has 318 valence electrons. The minimum absolute atomic E-state index is 0.153. The van der Waals surface area contributed by atoms with E-state index in [1.54, 1.807) is 12.1 Å². The van der Waals surface area contributed by atoms with Gasteiger partial charge in [0.1, 0.15) is 11.6 Å². The van der Waals surface area contributed by atoms with Crippen molar-refractivity contribution in [1.82, 2.24) is 0 Å². The van der Waals surface area contributed by atoms with Gasteiger partial charge in [-0.15, -0.1) is 0 Å². The number of hydrogen-bond acceptors (Lipinski definition) is 2. The van der Waals surface area contributed by atoms with Crippen molar-refractivity contribution in [3.05, 3.63) is 239 Å². The second-order valence-corrected chi connectivity index (χ2v) is 16.1. The van der Waals surface area contributed by atoms with Gasteiger partial charge in [0.15, 0.2) is 0 Å². The van der Waals surface area contributed by atoms with Crippen LogP contribution in [0, 0.1) is 11.6 Å². The molecule has 0 fully saturated rings. The predicted molar refractivity (Wildman–Crippen MR) is 240 cm³/mol. The summed E-state index contributed by atoms with van der Waals surface area (Å²) in [4.78, 5) is 2.99. The summed E-state index contributed by atoms with van der Waals surface area (Å²) in [5.41, 5.74) is 4.99. The summed E-state index contributed by atoms with van der Waals surface area (Å²) in [5.74, 6) is -1.10. The molecule has 0 saturated carbocycles. The predicted octanol–water partition coefficient (Wildman–Crippen LogP) is 16.4. The van der Waals surface area contributed by atoms with Crippen molar-refractivity contribution in [2.75, 3.05) is 9.80 Å². The monoisotopic (exact) mass is 872 g/mol. The molecule has 0 saturated heterocycles. The third-order valence-electron chi connectivity index (χ3n) is 12.6. The number of hydrogen-bond donors (Lipinski definition) is 0. The Morgan fingerprint density at radius 3 is 1.35 bits per heavy atom. The first-order chi connectivity index (χ1) is 31.4. The van der Waals surface area contributed by atoms with E-state index < -0.39 is 40.5 Å². The zero-order chi connectivity index (χ0) is 44.8. The second-order valence-electron chi connectivity index (χ2n) is 16.1. The molecular formula is C55H32F8N2. The fraction of sp³-hybridized carbons (Fsp3) is 0.0545. The molecular weight excluding hydrogens is 841 g/mol. The first-order valence-electron chi connectivity index (χ1n) is 20.7. The van der Waals surface area contributed by atoms with Crippen LogP contribution in [-0.4, -0.2) is 0 Å². The summed E-state index contributed by atoms with van der Waals surface area (Å²) in [7, 11) is 0. The zero-order valence-electron chi connectivity index (χ0n) is 33.9. The van der Waals surface area contributed by atoms with E-state index in [9.17, 15) is 35.1 Å². The van der Waals surface area contributed by atoms with Gasteiger partial charge in [-0.05, 0) is 141 Å². The van der Waals surface area contributed by atoms with Crippen LogP contribution in [0.4, 0.5) is 69.2 Å². The normalized spacial score (nSPS) is 13.4. The van der Waals surface area contributed by atoms with Gasteiger partial charge in [-0.1, -0.05) is 103 Å². The largest absolute Gasteiger partial charge is 0.418 e. The average molecular weight is 873 g/mol. The summed E-state index contributed by atoms with van der Waals surface area (Å²) in [6.45, 7) is 0. The Balaban J connectivity index is 1.25. The van der Waals surface area contributed by atoms with E-state index >= 15 is 0 Å². The van der Waals surface area contributed by atoms with Crippen LogP contribution in [0.25, 0.3) is 33.0 Å². The Labute approximate surface area is 367 Å². The van der Waals surface area contributed by atoms with E-state index in [0.29, 0.717) is 28.1 Å². The summed E-state index contributed by atoms with van der Waals surface area (Å²) in [6.07, 6.45) is -9.47. The van der Waals surface area contributed by atoms with E-state index in [0.717, 1.165) is 62.0 Å². The van der Waals surface area contributed by atoms with Crippen LogP contribution in [0.3, 0.4) is 0 Å². The van der Waals surface area contributed by atoms with E-state index in [1.807, 2.05) is 84.9 Å². The summed E-state index contributed by atoms with van der Waals surface area (Å²) >= 11 is 0. The topological polar surface area (TPSA) is 6.48 Å². The molecule has 0 bridgehead atoms. The van der Waals surface area contributed by atoms with Crippen molar-refractivity contribution in [3.8, 4) is 22.3 Å².